The summed E-state index contributed by atoms with van der Waals surface area (Å²) in [5.74, 6) is -0.891. The third-order valence-corrected chi connectivity index (χ3v) is 5.52. The van der Waals surface area contributed by atoms with Crippen LogP contribution in [0.5, 0.6) is 0 Å². The molecule has 8 heteroatoms. The monoisotopic (exact) mass is 451 g/mol. The molecule has 3 amide bonds. The second-order valence-electron chi connectivity index (χ2n) is 5.91. The van der Waals surface area contributed by atoms with Gasteiger partial charge in [-0.2, -0.15) is 0 Å². The van der Waals surface area contributed by atoms with E-state index in [4.69, 9.17) is 0 Å². The van der Waals surface area contributed by atoms with E-state index in [1.807, 2.05) is 37.3 Å². The van der Waals surface area contributed by atoms with Crippen molar-refractivity contribution in [3.63, 3.8) is 0 Å². The fraction of sp³-hybridized carbons (Fsp3) is 0.316. The molecule has 0 saturated heterocycles. The molecule has 1 atom stereocenters. The number of nitrogens with zero attached hydrogens (tertiary/aromatic N) is 1. The van der Waals surface area contributed by atoms with Gasteiger partial charge in [0.25, 0.3) is 5.91 Å². The van der Waals surface area contributed by atoms with Gasteiger partial charge < -0.3 is 15.5 Å². The van der Waals surface area contributed by atoms with Crippen LogP contribution in [0.1, 0.15) is 29.1 Å². The first kappa shape index (κ1) is 21.1. The van der Waals surface area contributed by atoms with Crippen LogP contribution in [0, 0.1) is 0 Å². The SMILES string of the molecule is CCN(Cc1ccccc1)C(=O)CNC(=O)C(C)NC(=O)c1ccc(Br)s1. The highest BCUT2D eigenvalue weighted by molar-refractivity contribution is 9.11. The fourth-order valence-electron chi connectivity index (χ4n) is 2.38. The Balaban J connectivity index is 1.82. The van der Waals surface area contributed by atoms with Crippen molar-refractivity contribution in [3.8, 4) is 0 Å². The van der Waals surface area contributed by atoms with Gasteiger partial charge >= 0.3 is 0 Å². The maximum Gasteiger partial charge on any atom is 0.262 e. The lowest BCUT2D eigenvalue weighted by Gasteiger charge is -2.22. The molecule has 2 N–H and O–H groups in total. The molecular weight excluding hydrogens is 430 g/mol. The van der Waals surface area contributed by atoms with Crippen molar-refractivity contribution >= 4 is 45.0 Å². The van der Waals surface area contributed by atoms with Gasteiger partial charge in [0.2, 0.25) is 11.8 Å². The molecule has 0 aliphatic rings. The Labute approximate surface area is 171 Å². The maximum absolute atomic E-state index is 12.4. The zero-order chi connectivity index (χ0) is 19.8. The Morgan fingerprint density at radius 2 is 1.85 bits per heavy atom. The predicted molar refractivity (Wildman–Crippen MR) is 109 cm³/mol. The summed E-state index contributed by atoms with van der Waals surface area (Å²) in [6.45, 7) is 4.41. The Bertz CT molecular complexity index is 795. The topological polar surface area (TPSA) is 78.5 Å². The molecule has 0 fully saturated rings. The highest BCUT2D eigenvalue weighted by Crippen LogP contribution is 2.21. The summed E-state index contributed by atoms with van der Waals surface area (Å²) in [5.41, 5.74) is 1.03. The standard InChI is InChI=1S/C19H22BrN3O3S/c1-3-23(12-14-7-5-4-6-8-14)17(24)11-21-18(25)13(2)22-19(26)15-9-10-16(20)27-15/h4-10,13H,3,11-12H2,1-2H3,(H,21,25)(H,22,26). The van der Waals surface area contributed by atoms with Crippen LogP contribution < -0.4 is 10.6 Å². The van der Waals surface area contributed by atoms with Gasteiger partial charge in [-0.05, 0) is 47.5 Å². The van der Waals surface area contributed by atoms with Crippen LogP contribution in [0.4, 0.5) is 0 Å². The molecule has 2 aromatic rings. The smallest absolute Gasteiger partial charge is 0.262 e. The van der Waals surface area contributed by atoms with Crippen molar-refractivity contribution in [2.75, 3.05) is 13.1 Å². The Kier molecular flexibility index (Phi) is 7.99. The van der Waals surface area contributed by atoms with Crippen molar-refractivity contribution in [1.82, 2.24) is 15.5 Å². The zero-order valence-electron chi connectivity index (χ0n) is 15.2. The molecule has 0 aliphatic heterocycles. The number of carbonyl (C=O) groups excluding carboxylic acids is 3. The molecule has 2 rings (SSSR count). The van der Waals surface area contributed by atoms with E-state index in [0.29, 0.717) is 18.0 Å². The van der Waals surface area contributed by atoms with Crippen LogP contribution in [0.25, 0.3) is 0 Å². The lowest BCUT2D eigenvalue weighted by Crippen LogP contribution is -2.48. The second-order valence-corrected chi connectivity index (χ2v) is 8.37. The van der Waals surface area contributed by atoms with Gasteiger partial charge in [0.05, 0.1) is 15.2 Å². The molecule has 1 heterocycles. The van der Waals surface area contributed by atoms with Gasteiger partial charge in [0, 0.05) is 13.1 Å². The number of benzene rings is 1. The third-order valence-electron chi connectivity index (χ3n) is 3.90. The number of thiophene rings is 1. The van der Waals surface area contributed by atoms with Crippen molar-refractivity contribution in [2.45, 2.75) is 26.4 Å². The third kappa shape index (κ3) is 6.48. The average Bonchev–Trinajstić information content (AvgIpc) is 3.11. The molecule has 0 radical (unpaired) electrons. The summed E-state index contributed by atoms with van der Waals surface area (Å²) < 4.78 is 0.841. The average molecular weight is 452 g/mol. The van der Waals surface area contributed by atoms with Crippen LogP contribution in [-0.2, 0) is 16.1 Å². The van der Waals surface area contributed by atoms with E-state index in [2.05, 4.69) is 26.6 Å². The van der Waals surface area contributed by atoms with Crippen molar-refractivity contribution < 1.29 is 14.4 Å². The summed E-state index contributed by atoms with van der Waals surface area (Å²) >= 11 is 4.59. The first-order valence-electron chi connectivity index (χ1n) is 8.56. The van der Waals surface area contributed by atoms with E-state index >= 15 is 0 Å². The highest BCUT2D eigenvalue weighted by atomic mass is 79.9. The van der Waals surface area contributed by atoms with Gasteiger partial charge in [0.1, 0.15) is 6.04 Å². The summed E-state index contributed by atoms with van der Waals surface area (Å²) in [7, 11) is 0. The van der Waals surface area contributed by atoms with Gasteiger partial charge in [0.15, 0.2) is 0 Å². The highest BCUT2D eigenvalue weighted by Gasteiger charge is 2.19. The molecule has 6 nitrogen and oxygen atoms in total. The van der Waals surface area contributed by atoms with Gasteiger partial charge in [-0.15, -0.1) is 11.3 Å². The summed E-state index contributed by atoms with van der Waals surface area (Å²) in [6.07, 6.45) is 0. The molecule has 0 spiro atoms. The molecule has 27 heavy (non-hydrogen) atoms. The number of amides is 3. The van der Waals surface area contributed by atoms with Gasteiger partial charge in [-0.3, -0.25) is 14.4 Å². The first-order chi connectivity index (χ1) is 12.9. The minimum Gasteiger partial charge on any atom is -0.345 e. The number of halogens is 1. The van der Waals surface area contributed by atoms with E-state index < -0.39 is 11.9 Å². The number of hydrogen-bond donors (Lipinski definition) is 2. The Morgan fingerprint density at radius 3 is 2.44 bits per heavy atom. The number of carbonyl (C=O) groups is 3. The fourth-order valence-corrected chi connectivity index (χ4v) is 3.67. The number of rotatable bonds is 8. The van der Waals surface area contributed by atoms with Crippen molar-refractivity contribution in [1.29, 1.82) is 0 Å². The lowest BCUT2D eigenvalue weighted by molar-refractivity contribution is -0.133. The molecule has 0 bridgehead atoms. The van der Waals surface area contributed by atoms with Crippen LogP contribution >= 0.6 is 27.3 Å². The van der Waals surface area contributed by atoms with E-state index in [0.717, 1.165) is 9.35 Å². The molecular formula is C19H22BrN3O3S. The first-order valence-corrected chi connectivity index (χ1v) is 10.2. The molecule has 1 unspecified atom stereocenters. The zero-order valence-corrected chi connectivity index (χ0v) is 17.6. The van der Waals surface area contributed by atoms with Crippen molar-refractivity contribution in [2.24, 2.45) is 0 Å². The minimum atomic E-state index is -0.740. The molecule has 0 saturated carbocycles. The summed E-state index contributed by atoms with van der Waals surface area (Å²) in [4.78, 5) is 38.8. The van der Waals surface area contributed by atoms with Crippen LogP contribution in [0.2, 0.25) is 0 Å². The van der Waals surface area contributed by atoms with E-state index in [9.17, 15) is 14.4 Å². The number of hydrogen-bond acceptors (Lipinski definition) is 4. The normalized spacial score (nSPS) is 11.5. The number of nitrogens with one attached hydrogen (secondary N) is 2. The minimum absolute atomic E-state index is 0.107. The van der Waals surface area contributed by atoms with Crippen LogP contribution in [0.3, 0.4) is 0 Å². The van der Waals surface area contributed by atoms with E-state index in [1.165, 1.54) is 11.3 Å². The van der Waals surface area contributed by atoms with Gasteiger partial charge in [-0.1, -0.05) is 30.3 Å². The Morgan fingerprint density at radius 1 is 1.15 bits per heavy atom. The molecule has 0 aliphatic carbocycles. The van der Waals surface area contributed by atoms with E-state index in [1.54, 1.807) is 24.0 Å². The van der Waals surface area contributed by atoms with Crippen LogP contribution in [0.15, 0.2) is 46.3 Å². The van der Waals surface area contributed by atoms with E-state index in [-0.39, 0.29) is 18.4 Å². The maximum atomic E-state index is 12.4. The Hall–Kier alpha value is -2.19. The summed E-state index contributed by atoms with van der Waals surface area (Å²) in [6, 6.07) is 12.4. The van der Waals surface area contributed by atoms with Gasteiger partial charge in [-0.25, -0.2) is 0 Å². The predicted octanol–water partition coefficient (Wildman–Crippen LogP) is 2.79. The largest absolute Gasteiger partial charge is 0.345 e. The molecule has 144 valence electrons. The molecule has 1 aromatic carbocycles. The van der Waals surface area contributed by atoms with Crippen molar-refractivity contribution in [3.05, 3.63) is 56.7 Å². The lowest BCUT2D eigenvalue weighted by atomic mass is 10.2. The molecule has 1 aromatic heterocycles. The summed E-state index contributed by atoms with van der Waals surface area (Å²) in [5, 5.41) is 5.22. The number of likely N-dealkylation sites (N-methyl/N-ethyl adjacent to an activating group) is 1. The second kappa shape index (κ2) is 10.2. The quantitative estimate of drug-likeness (QED) is 0.647. The van der Waals surface area contributed by atoms with Crippen LogP contribution in [-0.4, -0.2) is 41.8 Å².